The first-order valence-electron chi connectivity index (χ1n) is 14.8. The van der Waals surface area contributed by atoms with Crippen molar-refractivity contribution in [1.82, 2.24) is 45.0 Å². The molecule has 5 aromatic heterocycles. The second-order valence-corrected chi connectivity index (χ2v) is 11.3. The van der Waals surface area contributed by atoms with Crippen LogP contribution in [0.2, 0.25) is 0 Å². The number of ether oxygens (including phenoxy) is 1. The molecule has 0 unspecified atom stereocenters. The summed E-state index contributed by atoms with van der Waals surface area (Å²) in [5.74, 6) is 1.39. The third-order valence-corrected chi connectivity index (χ3v) is 8.21. The minimum Gasteiger partial charge on any atom is -0.492 e. The van der Waals surface area contributed by atoms with Crippen LogP contribution < -0.4 is 15.4 Å². The number of nitrogens with zero attached hydrogens (tertiary/aromatic N) is 8. The Morgan fingerprint density at radius 2 is 1.84 bits per heavy atom. The summed E-state index contributed by atoms with van der Waals surface area (Å²) >= 11 is 0. The quantitative estimate of drug-likeness (QED) is 0.239. The van der Waals surface area contributed by atoms with E-state index >= 15 is 0 Å². The average molecular weight is 592 g/mol. The number of hydrogen-bond acceptors (Lipinski definition) is 10. The molecule has 8 rings (SSSR count). The summed E-state index contributed by atoms with van der Waals surface area (Å²) < 4.78 is 20.7. The van der Waals surface area contributed by atoms with E-state index in [9.17, 15) is 4.39 Å². The van der Waals surface area contributed by atoms with Gasteiger partial charge >= 0.3 is 0 Å². The molecule has 0 aliphatic carbocycles. The van der Waals surface area contributed by atoms with E-state index in [1.807, 2.05) is 18.2 Å². The maximum atomic E-state index is 14.7. The first kappa shape index (κ1) is 26.6. The monoisotopic (exact) mass is 591 g/mol. The van der Waals surface area contributed by atoms with Crippen molar-refractivity contribution in [3.05, 3.63) is 60.9 Å². The molecule has 222 valence electrons. The first-order chi connectivity index (χ1) is 21.6. The van der Waals surface area contributed by atoms with Gasteiger partial charge in [0.05, 0.1) is 41.0 Å². The average Bonchev–Trinajstić information content (AvgIpc) is 3.78. The van der Waals surface area contributed by atoms with Crippen molar-refractivity contribution >= 4 is 27.8 Å². The van der Waals surface area contributed by atoms with Gasteiger partial charge in [-0.3, -0.25) is 25.0 Å². The molecular formula is C31H30FN11O. The van der Waals surface area contributed by atoms with Gasteiger partial charge in [-0.15, -0.1) is 0 Å². The van der Waals surface area contributed by atoms with E-state index in [0.717, 1.165) is 55.0 Å². The van der Waals surface area contributed by atoms with E-state index < -0.39 is 5.82 Å². The Labute approximate surface area is 251 Å². The van der Waals surface area contributed by atoms with Crippen molar-refractivity contribution in [2.24, 2.45) is 5.73 Å². The second kappa shape index (κ2) is 10.9. The highest BCUT2D eigenvalue weighted by molar-refractivity contribution is 5.96. The van der Waals surface area contributed by atoms with Gasteiger partial charge in [-0.05, 0) is 50.2 Å². The number of fused-ring (bicyclic) bond motifs is 2. The Bertz CT molecular complexity index is 1980. The summed E-state index contributed by atoms with van der Waals surface area (Å²) in [5.41, 5.74) is 11.1. The number of H-pyrrole nitrogens is 2. The fourth-order valence-corrected chi connectivity index (χ4v) is 5.91. The van der Waals surface area contributed by atoms with Crippen molar-refractivity contribution in [3.63, 3.8) is 0 Å². The van der Waals surface area contributed by atoms with Crippen molar-refractivity contribution < 1.29 is 9.13 Å². The second-order valence-electron chi connectivity index (χ2n) is 11.3. The van der Waals surface area contributed by atoms with Gasteiger partial charge in [-0.25, -0.2) is 14.4 Å². The number of aromatic nitrogens is 8. The molecule has 0 bridgehead atoms. The summed E-state index contributed by atoms with van der Waals surface area (Å²) in [4.78, 5) is 31.0. The van der Waals surface area contributed by atoms with Gasteiger partial charge in [0, 0.05) is 48.9 Å². The lowest BCUT2D eigenvalue weighted by molar-refractivity contribution is 0.237. The zero-order valence-electron chi connectivity index (χ0n) is 23.9. The Balaban J connectivity index is 1.11. The molecule has 2 aliphatic heterocycles. The number of rotatable bonds is 8. The predicted octanol–water partition coefficient (Wildman–Crippen LogP) is 3.78. The molecule has 2 aliphatic rings. The SMILES string of the molecule is NC1CN(c2cncc(-c3cc4c(-c5nc6c(-c7cc(F)cc(OCCN8CCCC8)c7)nccc6[nH]5)n[nH]c4cn3)n2)C1. The number of halogens is 1. The molecule has 0 atom stereocenters. The lowest BCUT2D eigenvalue weighted by atomic mass is 10.1. The minimum absolute atomic E-state index is 0.156. The number of pyridine rings is 2. The van der Waals surface area contributed by atoms with Crippen LogP contribution in [0.25, 0.3) is 56.1 Å². The number of hydrogen-bond donors (Lipinski definition) is 3. The summed E-state index contributed by atoms with van der Waals surface area (Å²) in [6, 6.07) is 8.59. The zero-order chi connectivity index (χ0) is 29.6. The Kier molecular flexibility index (Phi) is 6.60. The normalized spacial score (nSPS) is 15.8. The number of anilines is 1. The van der Waals surface area contributed by atoms with Crippen LogP contribution in [0.1, 0.15) is 12.8 Å². The molecule has 0 spiro atoms. The number of aromatic amines is 2. The molecular weight excluding hydrogens is 561 g/mol. The van der Waals surface area contributed by atoms with Crippen LogP contribution in [-0.2, 0) is 0 Å². The van der Waals surface area contributed by atoms with Gasteiger partial charge in [0.15, 0.2) is 5.82 Å². The summed E-state index contributed by atoms with van der Waals surface area (Å²) in [6.07, 6.45) is 9.27. The molecule has 2 saturated heterocycles. The third-order valence-electron chi connectivity index (χ3n) is 8.21. The molecule has 4 N–H and O–H groups in total. The fraction of sp³-hybridized carbons (Fsp3) is 0.290. The molecule has 1 aromatic carbocycles. The van der Waals surface area contributed by atoms with Crippen molar-refractivity contribution in [2.45, 2.75) is 18.9 Å². The molecule has 0 radical (unpaired) electrons. The van der Waals surface area contributed by atoms with Gasteiger partial charge in [0.25, 0.3) is 0 Å². The lowest BCUT2D eigenvalue weighted by Crippen LogP contribution is -2.56. The highest BCUT2D eigenvalue weighted by Crippen LogP contribution is 2.33. The zero-order valence-corrected chi connectivity index (χ0v) is 23.9. The van der Waals surface area contributed by atoms with Gasteiger partial charge in [0.2, 0.25) is 0 Å². The minimum atomic E-state index is -0.393. The number of benzene rings is 1. The number of imidazole rings is 1. The van der Waals surface area contributed by atoms with E-state index in [-0.39, 0.29) is 6.04 Å². The lowest BCUT2D eigenvalue weighted by Gasteiger charge is -2.37. The van der Waals surface area contributed by atoms with E-state index in [2.05, 4.69) is 39.9 Å². The standard InChI is InChI=1S/C31H30FN11O/c32-19-9-18(10-21(11-19)44-8-7-42-5-1-2-6-42)28-30-23(3-4-35-28)38-31(39-30)29-22-12-24(36-14-25(22)40-41-29)26-13-34-15-27(37-26)43-16-20(33)17-43/h3-4,9-15,20H,1-2,5-8,16-17,33H2,(H,38,39)(H,40,41). The topological polar surface area (TPSA) is 151 Å². The van der Waals surface area contributed by atoms with Crippen molar-refractivity contribution in [2.75, 3.05) is 44.2 Å². The number of likely N-dealkylation sites (tertiary alicyclic amines) is 1. The molecule has 12 nitrogen and oxygen atoms in total. The summed E-state index contributed by atoms with van der Waals surface area (Å²) in [6.45, 7) is 5.00. The number of nitrogens with one attached hydrogen (secondary N) is 2. The van der Waals surface area contributed by atoms with Gasteiger partial charge < -0.3 is 20.4 Å². The Hall–Kier alpha value is -5.01. The summed E-state index contributed by atoms with van der Waals surface area (Å²) in [5, 5.41) is 8.42. The van der Waals surface area contributed by atoms with E-state index in [1.54, 1.807) is 24.8 Å². The molecule has 0 amide bonds. The van der Waals surface area contributed by atoms with Crippen LogP contribution in [0.4, 0.5) is 10.2 Å². The molecule has 2 fully saturated rings. The Morgan fingerprint density at radius 1 is 0.955 bits per heavy atom. The van der Waals surface area contributed by atoms with Gasteiger partial charge in [0.1, 0.15) is 40.9 Å². The van der Waals surface area contributed by atoms with Crippen LogP contribution in [-0.4, -0.2) is 90.4 Å². The van der Waals surface area contributed by atoms with Crippen LogP contribution in [0.3, 0.4) is 0 Å². The third kappa shape index (κ3) is 4.99. The van der Waals surface area contributed by atoms with Crippen LogP contribution in [0.15, 0.2) is 55.1 Å². The fourth-order valence-electron chi connectivity index (χ4n) is 5.91. The van der Waals surface area contributed by atoms with Crippen molar-refractivity contribution in [1.29, 1.82) is 0 Å². The van der Waals surface area contributed by atoms with Gasteiger partial charge in [-0.2, -0.15) is 5.10 Å². The Morgan fingerprint density at radius 3 is 2.70 bits per heavy atom. The summed E-state index contributed by atoms with van der Waals surface area (Å²) in [7, 11) is 0. The molecule has 13 heteroatoms. The first-order valence-corrected chi connectivity index (χ1v) is 14.8. The molecule has 6 aromatic rings. The van der Waals surface area contributed by atoms with Crippen molar-refractivity contribution in [3.8, 4) is 39.9 Å². The largest absolute Gasteiger partial charge is 0.492 e. The molecule has 44 heavy (non-hydrogen) atoms. The van der Waals surface area contributed by atoms with E-state index in [4.69, 9.17) is 20.4 Å². The van der Waals surface area contributed by atoms with Crippen LogP contribution >= 0.6 is 0 Å². The smallest absolute Gasteiger partial charge is 0.159 e. The molecule has 7 heterocycles. The van der Waals surface area contributed by atoms with Gasteiger partial charge in [-0.1, -0.05) is 0 Å². The van der Waals surface area contributed by atoms with E-state index in [0.29, 0.717) is 52.0 Å². The highest BCUT2D eigenvalue weighted by Gasteiger charge is 2.25. The maximum absolute atomic E-state index is 14.7. The maximum Gasteiger partial charge on any atom is 0.159 e. The number of nitrogens with two attached hydrogens (primary N) is 1. The van der Waals surface area contributed by atoms with Crippen LogP contribution in [0, 0.1) is 5.82 Å². The highest BCUT2D eigenvalue weighted by atomic mass is 19.1. The molecule has 0 saturated carbocycles. The van der Waals surface area contributed by atoms with E-state index in [1.165, 1.54) is 25.0 Å². The van der Waals surface area contributed by atoms with Crippen LogP contribution in [0.5, 0.6) is 5.75 Å². The predicted molar refractivity (Wildman–Crippen MR) is 165 cm³/mol.